The van der Waals surface area contributed by atoms with Gasteiger partial charge in [0.25, 0.3) is 0 Å². The summed E-state index contributed by atoms with van der Waals surface area (Å²) in [4.78, 5) is 27.5. The van der Waals surface area contributed by atoms with Crippen LogP contribution in [-0.4, -0.2) is 30.6 Å². The molecule has 4 aromatic carbocycles. The summed E-state index contributed by atoms with van der Waals surface area (Å²) in [7, 11) is 0. The number of benzene rings is 4. The third-order valence-electron chi connectivity index (χ3n) is 8.97. The van der Waals surface area contributed by atoms with Gasteiger partial charge in [-0.25, -0.2) is 0 Å². The van der Waals surface area contributed by atoms with Crippen LogP contribution in [0.4, 0.5) is 0 Å². The summed E-state index contributed by atoms with van der Waals surface area (Å²) < 4.78 is 12.1. The smallest absolute Gasteiger partial charge is 0.204 e. The fraction of sp³-hybridized carbons (Fsp3) is 0.250. The Balaban J connectivity index is 1.38. The largest absolute Gasteiger partial charge is 0.504 e. The van der Waals surface area contributed by atoms with Crippen molar-refractivity contribution in [2.75, 3.05) is 0 Å². The van der Waals surface area contributed by atoms with Gasteiger partial charge in [-0.05, 0) is 60.8 Å². The van der Waals surface area contributed by atoms with Crippen molar-refractivity contribution < 1.29 is 39.5 Å². The third kappa shape index (κ3) is 5.46. The SMILES string of the molecule is Cc1oc2c(CC(C)C)c(O)c(O)c(O)c2c(=O)c1-c1ccc(-c2ccc(-c3c(C)oc4c(CC(C)C)c(O)c(O)c(O)c4c3=O)cc2)cc1. The van der Waals surface area contributed by atoms with Gasteiger partial charge in [0.15, 0.2) is 23.0 Å². The summed E-state index contributed by atoms with van der Waals surface area (Å²) in [6.07, 6.45) is 0.624. The Bertz CT molecular complexity index is 2260. The monoisotopic (exact) mass is 678 g/mol. The first-order valence-corrected chi connectivity index (χ1v) is 16.3. The minimum absolute atomic E-state index is 0.0336. The van der Waals surface area contributed by atoms with E-state index in [9.17, 15) is 40.2 Å². The molecule has 0 aliphatic carbocycles. The summed E-state index contributed by atoms with van der Waals surface area (Å²) in [5.74, 6) is -3.35. The summed E-state index contributed by atoms with van der Waals surface area (Å²) in [5.41, 5.74) is 2.51. The van der Waals surface area contributed by atoms with E-state index in [1.807, 2.05) is 52.0 Å². The van der Waals surface area contributed by atoms with E-state index in [1.165, 1.54) is 0 Å². The fourth-order valence-corrected chi connectivity index (χ4v) is 6.63. The molecule has 0 fully saturated rings. The van der Waals surface area contributed by atoms with Crippen LogP contribution in [0.2, 0.25) is 0 Å². The van der Waals surface area contributed by atoms with Crippen molar-refractivity contribution >= 4 is 21.9 Å². The highest BCUT2D eigenvalue weighted by Gasteiger charge is 2.27. The molecule has 6 aromatic rings. The van der Waals surface area contributed by atoms with Gasteiger partial charge in [-0.15, -0.1) is 0 Å². The Morgan fingerprint density at radius 2 is 0.780 bits per heavy atom. The maximum atomic E-state index is 13.8. The number of aryl methyl sites for hydroxylation is 2. The Morgan fingerprint density at radius 1 is 0.480 bits per heavy atom. The number of hydrogen-bond donors (Lipinski definition) is 6. The molecule has 258 valence electrons. The van der Waals surface area contributed by atoms with E-state index in [4.69, 9.17) is 8.83 Å². The molecule has 0 atom stereocenters. The van der Waals surface area contributed by atoms with E-state index >= 15 is 0 Å². The first-order chi connectivity index (χ1) is 23.6. The molecule has 2 aromatic heterocycles. The fourth-order valence-electron chi connectivity index (χ4n) is 6.63. The summed E-state index contributed by atoms with van der Waals surface area (Å²) in [5, 5.41) is 62.8. The van der Waals surface area contributed by atoms with Crippen molar-refractivity contribution in [3.8, 4) is 67.9 Å². The molecule has 0 saturated carbocycles. The van der Waals surface area contributed by atoms with Crippen molar-refractivity contribution in [2.45, 2.75) is 54.4 Å². The van der Waals surface area contributed by atoms with Crippen LogP contribution in [0, 0.1) is 25.7 Å². The van der Waals surface area contributed by atoms with Crippen molar-refractivity contribution in [2.24, 2.45) is 11.8 Å². The highest BCUT2D eigenvalue weighted by atomic mass is 16.4. The van der Waals surface area contributed by atoms with Crippen molar-refractivity contribution in [3.05, 3.63) is 91.6 Å². The number of phenols is 6. The van der Waals surface area contributed by atoms with Gasteiger partial charge in [0, 0.05) is 11.1 Å². The molecule has 50 heavy (non-hydrogen) atoms. The number of hydrogen-bond acceptors (Lipinski definition) is 10. The van der Waals surface area contributed by atoms with Gasteiger partial charge in [0.1, 0.15) is 33.5 Å². The molecule has 0 bridgehead atoms. The molecule has 0 unspecified atom stereocenters. The number of fused-ring (bicyclic) bond motifs is 2. The quantitative estimate of drug-likeness (QED) is 0.0902. The summed E-state index contributed by atoms with van der Waals surface area (Å²) in [6.45, 7) is 10.9. The predicted molar refractivity (Wildman–Crippen MR) is 191 cm³/mol. The second kappa shape index (κ2) is 12.5. The summed E-state index contributed by atoms with van der Waals surface area (Å²) in [6, 6.07) is 14.2. The number of rotatable bonds is 7. The van der Waals surface area contributed by atoms with Gasteiger partial charge in [-0.2, -0.15) is 0 Å². The lowest BCUT2D eigenvalue weighted by Gasteiger charge is -2.16. The summed E-state index contributed by atoms with van der Waals surface area (Å²) >= 11 is 0. The maximum absolute atomic E-state index is 13.8. The molecule has 0 aliphatic rings. The Kier molecular flexibility index (Phi) is 8.51. The van der Waals surface area contributed by atoms with Crippen LogP contribution in [0.3, 0.4) is 0 Å². The van der Waals surface area contributed by atoms with Crippen LogP contribution in [0.25, 0.3) is 55.3 Å². The maximum Gasteiger partial charge on any atom is 0.204 e. The molecule has 6 rings (SSSR count). The highest BCUT2D eigenvalue weighted by Crippen LogP contribution is 2.47. The predicted octanol–water partition coefficient (Wildman–Crippen LogP) is 8.15. The molecule has 0 saturated heterocycles. The lowest BCUT2D eigenvalue weighted by molar-refractivity contribution is 0.365. The number of aromatic hydroxyl groups is 6. The molecule has 10 heteroatoms. The van der Waals surface area contributed by atoms with E-state index in [2.05, 4.69) is 0 Å². The van der Waals surface area contributed by atoms with E-state index in [0.29, 0.717) is 24.0 Å². The molecule has 0 amide bonds. The Labute approximate surface area is 286 Å². The Morgan fingerprint density at radius 3 is 1.08 bits per heavy atom. The average molecular weight is 679 g/mol. The standard InChI is InChI=1S/C40H38O10/c1-17(2)15-25-31(41)37(47)35(45)29-33(43)27(19(5)49-39(25)29)23-11-7-21(8-12-23)22-9-13-24(14-10-22)28-20(6)50-40-26(16-18(3)4)32(42)38(48)36(46)30(40)34(28)44/h7-14,17-18,41-42,45-48H,15-16H2,1-6H3. The molecular formula is C40H38O10. The lowest BCUT2D eigenvalue weighted by atomic mass is 9.94. The van der Waals surface area contributed by atoms with Crippen molar-refractivity contribution in [1.29, 1.82) is 0 Å². The Hall–Kier alpha value is -5.90. The third-order valence-corrected chi connectivity index (χ3v) is 8.97. The van der Waals surface area contributed by atoms with Gasteiger partial charge in [0.2, 0.25) is 22.4 Å². The van der Waals surface area contributed by atoms with Gasteiger partial charge in [-0.1, -0.05) is 76.2 Å². The molecule has 6 N–H and O–H groups in total. The first-order valence-electron chi connectivity index (χ1n) is 16.3. The second-order valence-electron chi connectivity index (χ2n) is 13.5. The molecular weight excluding hydrogens is 640 g/mol. The van der Waals surface area contributed by atoms with Crippen LogP contribution >= 0.6 is 0 Å². The van der Waals surface area contributed by atoms with Gasteiger partial charge >= 0.3 is 0 Å². The molecule has 0 aliphatic heterocycles. The van der Waals surface area contributed by atoms with Crippen LogP contribution in [0.1, 0.15) is 50.3 Å². The molecule has 0 spiro atoms. The zero-order chi connectivity index (χ0) is 36.3. The van der Waals surface area contributed by atoms with Crippen LogP contribution in [0.5, 0.6) is 34.5 Å². The van der Waals surface area contributed by atoms with E-state index in [-0.39, 0.29) is 67.5 Å². The second-order valence-corrected chi connectivity index (χ2v) is 13.5. The van der Waals surface area contributed by atoms with E-state index in [1.54, 1.807) is 38.1 Å². The molecule has 2 heterocycles. The lowest BCUT2D eigenvalue weighted by Crippen LogP contribution is -2.10. The minimum atomic E-state index is -0.768. The van der Waals surface area contributed by atoms with E-state index < -0.39 is 45.4 Å². The van der Waals surface area contributed by atoms with Crippen LogP contribution in [-0.2, 0) is 12.8 Å². The van der Waals surface area contributed by atoms with Gasteiger partial charge in [0.05, 0.1) is 11.1 Å². The van der Waals surface area contributed by atoms with Crippen LogP contribution in [0.15, 0.2) is 67.0 Å². The minimum Gasteiger partial charge on any atom is -0.504 e. The van der Waals surface area contributed by atoms with Crippen molar-refractivity contribution in [1.82, 2.24) is 0 Å². The zero-order valence-corrected chi connectivity index (χ0v) is 28.5. The van der Waals surface area contributed by atoms with Gasteiger partial charge in [-0.3, -0.25) is 9.59 Å². The zero-order valence-electron chi connectivity index (χ0n) is 28.5. The molecule has 0 radical (unpaired) electrons. The highest BCUT2D eigenvalue weighted by molar-refractivity contribution is 5.95. The average Bonchev–Trinajstić information content (AvgIpc) is 3.06. The molecule has 10 nitrogen and oxygen atoms in total. The van der Waals surface area contributed by atoms with Crippen molar-refractivity contribution in [3.63, 3.8) is 0 Å². The first kappa shape index (κ1) is 34.0. The topological polar surface area (TPSA) is 182 Å². The normalized spacial score (nSPS) is 11.8. The van der Waals surface area contributed by atoms with E-state index in [0.717, 1.165) is 11.1 Å². The van der Waals surface area contributed by atoms with Gasteiger partial charge < -0.3 is 39.5 Å². The number of phenolic OH excluding ortho intramolecular Hbond substituents is 6. The van der Waals surface area contributed by atoms with Crippen LogP contribution < -0.4 is 10.9 Å².